The average molecular weight is 1030 g/mol. The van der Waals surface area contributed by atoms with Gasteiger partial charge in [-0.05, 0) is 43.1 Å². The van der Waals surface area contributed by atoms with Crippen LogP contribution in [0.4, 0.5) is 0 Å². The lowest BCUT2D eigenvalue weighted by Gasteiger charge is -2.58. The Morgan fingerprint density at radius 3 is 1.22 bits per heavy atom. The van der Waals surface area contributed by atoms with Crippen LogP contribution in [0.2, 0.25) is 0 Å². The summed E-state index contributed by atoms with van der Waals surface area (Å²) in [6.07, 6.45) is -25.6. The number of hydrogen-bond acceptors (Lipinski definition) is 22. The summed E-state index contributed by atoms with van der Waals surface area (Å²) in [5, 5.41) is 186. The Morgan fingerprint density at radius 1 is 0.556 bits per heavy atom. The lowest BCUT2D eigenvalue weighted by Crippen LogP contribution is -2.88. The summed E-state index contributed by atoms with van der Waals surface area (Å²) in [6, 6.07) is 18.0. The van der Waals surface area contributed by atoms with E-state index in [4.69, 9.17) is 12.2 Å². The highest BCUT2D eigenvalue weighted by atomic mass is 16.7. The van der Waals surface area contributed by atoms with Crippen LogP contribution in [0.3, 0.4) is 0 Å². The Morgan fingerprint density at radius 2 is 0.903 bits per heavy atom. The number of hydrogen-bond donors (Lipinski definition) is 20. The largest absolute Gasteiger partial charge is 0.394 e. The zero-order valence-electron chi connectivity index (χ0n) is 40.1. The summed E-state index contributed by atoms with van der Waals surface area (Å²) >= 11 is 0. The summed E-state index contributed by atoms with van der Waals surface area (Å²) in [5.74, 6) is -13.9. The third-order valence-electron chi connectivity index (χ3n) is 12.5. The zero-order valence-corrected chi connectivity index (χ0v) is 38.1. The first-order chi connectivity index (χ1) is 34.6. The molecule has 0 saturated carbocycles. The van der Waals surface area contributed by atoms with Crippen LogP contribution in [-0.2, 0) is 31.9 Å². The Balaban J connectivity index is 1.57. The minimum atomic E-state index is -3.87. The average Bonchev–Trinajstić information content (AvgIpc) is 3.37. The lowest BCUT2D eigenvalue weighted by molar-refractivity contribution is -0.428. The monoisotopic (exact) mass is 1020 g/mol. The van der Waals surface area contributed by atoms with E-state index in [1.165, 1.54) is 60.7 Å². The molecule has 0 unspecified atom stereocenters. The Bertz CT molecular complexity index is 2250. The molecule has 0 spiro atoms. The van der Waals surface area contributed by atoms with E-state index in [1.807, 2.05) is 10.6 Å². The summed E-state index contributed by atoms with van der Waals surface area (Å²) in [6.45, 7) is -4.12. The molecule has 5 rings (SSSR count). The van der Waals surface area contributed by atoms with E-state index in [2.05, 4.69) is 0 Å². The normalized spacial score (nSPS) is 33.4. The Kier molecular flexibility index (Phi) is 17.1. The van der Waals surface area contributed by atoms with E-state index in [1.54, 1.807) is 10.6 Å². The van der Waals surface area contributed by atoms with Gasteiger partial charge in [0.1, 0.15) is 36.6 Å². The van der Waals surface area contributed by atoms with Crippen molar-refractivity contribution in [1.29, 1.82) is 0 Å². The molecule has 3 aromatic rings. The third kappa shape index (κ3) is 11.3. The first-order valence-electron chi connectivity index (χ1n) is 23.4. The smallest absolute Gasteiger partial charge is 0.303 e. The molecule has 26 heteroatoms. The van der Waals surface area contributed by atoms with Gasteiger partial charge in [-0.3, -0.25) is 19.2 Å². The summed E-state index contributed by atoms with van der Waals surface area (Å²) < 4.78 is 25.2. The number of carbonyl (C=O) groups is 4. The van der Waals surface area contributed by atoms with Crippen molar-refractivity contribution in [2.24, 2.45) is 0 Å². The molecule has 4 amide bonds. The van der Waals surface area contributed by atoms with Crippen LogP contribution in [0.5, 0.6) is 0 Å². The Labute approximate surface area is 412 Å². The molecule has 2 saturated heterocycles. The van der Waals surface area contributed by atoms with Crippen LogP contribution < -0.4 is 21.3 Å². The minimum absolute atomic E-state index is 0.0933. The maximum Gasteiger partial charge on any atom is 0.303 e. The van der Waals surface area contributed by atoms with Crippen LogP contribution in [-0.4, -0.2) is 214 Å². The molecule has 0 aliphatic carbocycles. The molecule has 0 radical (unpaired) electrons. The molecular formula is C46H62N4O22. The Hall–Kier alpha value is -5.18. The highest BCUT2D eigenvalue weighted by molar-refractivity contribution is 6.00. The van der Waals surface area contributed by atoms with Crippen molar-refractivity contribution < 1.29 is 113 Å². The molecule has 2 aliphatic heterocycles. The maximum atomic E-state index is 14.4. The van der Waals surface area contributed by atoms with Crippen molar-refractivity contribution >= 4 is 23.6 Å². The molecule has 3 aromatic carbocycles. The van der Waals surface area contributed by atoms with Crippen molar-refractivity contribution in [1.82, 2.24) is 21.3 Å². The SMILES string of the molecule is [2H]C[C@@H](O)[C@H](O)[C@@H](O)CC(=O)N[C@]1(O)O[C@H](CO)[C@@H](O)[C@@](O)(Cc2ccccc2)[C@]1(O)NC(=O)c1cccc(C(=O)N[C@]2(O)[C@](O)(NC(=O)C[C@H](O)[C@@H](O)[C@H](O)C[2H])O[C@H](CO)[C@@H](O)[C@@]2(O)Cc2ccccc2)c1. The second-order valence-electron chi connectivity index (χ2n) is 17.7. The topological polar surface area (TPSA) is 459 Å². The second-order valence-corrected chi connectivity index (χ2v) is 17.7. The fourth-order valence-corrected chi connectivity index (χ4v) is 8.44. The fraction of sp³-hybridized carbons (Fsp3) is 0.522. The van der Waals surface area contributed by atoms with Crippen LogP contribution in [0, 0.1) is 0 Å². The van der Waals surface area contributed by atoms with E-state index in [9.17, 15) is 101 Å². The van der Waals surface area contributed by atoms with Gasteiger partial charge < -0.3 is 112 Å². The molecule has 20 N–H and O–H groups in total. The number of aliphatic hydroxyl groups excluding tert-OH is 10. The molecule has 26 nitrogen and oxygen atoms in total. The van der Waals surface area contributed by atoms with Crippen LogP contribution in [0.15, 0.2) is 84.9 Å². The molecule has 2 fully saturated rings. The number of ether oxygens (including phenoxy) is 2. The lowest BCUT2D eigenvalue weighted by atomic mass is 9.73. The van der Waals surface area contributed by atoms with E-state index in [-0.39, 0.29) is 11.1 Å². The predicted octanol–water partition coefficient (Wildman–Crippen LogP) is -7.52. The van der Waals surface area contributed by atoms with Gasteiger partial charge in [-0.15, -0.1) is 0 Å². The molecule has 2 aliphatic rings. The summed E-state index contributed by atoms with van der Waals surface area (Å²) in [5.41, 5.74) is -15.6. The van der Waals surface area contributed by atoms with Crippen molar-refractivity contribution in [3.05, 3.63) is 107 Å². The molecular weight excluding hydrogens is 961 g/mol. The quantitative estimate of drug-likeness (QED) is 0.0468. The first-order valence-corrected chi connectivity index (χ1v) is 22.0. The number of nitrogens with one attached hydrogen (secondary N) is 4. The van der Waals surface area contributed by atoms with Gasteiger partial charge in [0, 0.05) is 26.7 Å². The van der Waals surface area contributed by atoms with Crippen LogP contribution >= 0.6 is 0 Å². The highest BCUT2D eigenvalue weighted by Gasteiger charge is 2.75. The van der Waals surface area contributed by atoms with Gasteiger partial charge in [-0.2, -0.15) is 0 Å². The second kappa shape index (κ2) is 22.5. The number of benzene rings is 3. The van der Waals surface area contributed by atoms with E-state index < -0.39 is 183 Å². The van der Waals surface area contributed by atoms with Crippen molar-refractivity contribution in [2.45, 2.75) is 135 Å². The van der Waals surface area contributed by atoms with Gasteiger partial charge in [0.2, 0.25) is 23.3 Å². The van der Waals surface area contributed by atoms with Crippen molar-refractivity contribution in [3.63, 3.8) is 0 Å². The van der Waals surface area contributed by atoms with Gasteiger partial charge in [-0.25, -0.2) is 0 Å². The number of amides is 4. The number of rotatable bonds is 20. The molecule has 0 aromatic heterocycles. The third-order valence-corrected chi connectivity index (χ3v) is 12.5. The van der Waals surface area contributed by atoms with Gasteiger partial charge >= 0.3 is 11.8 Å². The van der Waals surface area contributed by atoms with Gasteiger partial charge in [-0.1, -0.05) is 66.7 Å². The van der Waals surface area contributed by atoms with Gasteiger partial charge in [0.05, 0.1) is 50.5 Å². The maximum absolute atomic E-state index is 14.4. The fourth-order valence-electron chi connectivity index (χ4n) is 8.44. The van der Waals surface area contributed by atoms with Gasteiger partial charge in [0.15, 0.2) is 11.2 Å². The van der Waals surface area contributed by atoms with Crippen molar-refractivity contribution in [3.8, 4) is 0 Å². The van der Waals surface area contributed by atoms with E-state index in [0.29, 0.717) is 6.07 Å². The van der Waals surface area contributed by atoms with Crippen molar-refractivity contribution in [2.75, 3.05) is 13.2 Å². The summed E-state index contributed by atoms with van der Waals surface area (Å²) in [7, 11) is 0. The number of aliphatic hydroxyl groups is 16. The first kappa shape index (κ1) is 54.6. The molecule has 0 bridgehead atoms. The van der Waals surface area contributed by atoms with Crippen LogP contribution in [0.25, 0.3) is 0 Å². The van der Waals surface area contributed by atoms with Gasteiger partial charge in [0.25, 0.3) is 11.8 Å². The number of carbonyl (C=O) groups excluding carboxylic acids is 4. The molecule has 16 atom stereocenters. The van der Waals surface area contributed by atoms with E-state index >= 15 is 0 Å². The minimum Gasteiger partial charge on any atom is -0.394 e. The molecule has 72 heavy (non-hydrogen) atoms. The zero-order chi connectivity index (χ0) is 55.2. The molecule has 2 heterocycles. The predicted molar refractivity (Wildman–Crippen MR) is 240 cm³/mol. The summed E-state index contributed by atoms with van der Waals surface area (Å²) in [4.78, 5) is 55.5. The molecule has 398 valence electrons. The van der Waals surface area contributed by atoms with E-state index in [0.717, 1.165) is 18.2 Å². The standard InChI is InChI=1S/C46H62N4O22/c1-23(53)35(59)29(55)17-33(57)47-45(69)43(67,41(65,37(61)31(21-51)71-45)19-25-10-5-3-6-11-25)49-39(63)27-14-9-15-28(16-27)40(64)50-44(68)42(66,20-26-12-7-4-8-13-26)38(62)32(22-52)72-46(44,70)48-34(58)18-30(56)36(60)24(2)54/h3-16,23-24,29-32,35-38,51-56,59-62,65-70H,17-22H2,1-2H3,(H,47,57)(H,48,58)(H,49,63)(H,50,64)/t23-,24-,29+,30+,31-,32-,35+,36+,37-,38-,41+,42+,43-,44-,45-,46-/m1/s1/i1D,2D. The van der Waals surface area contributed by atoms with Crippen LogP contribution in [0.1, 0.15) is 61.2 Å². The highest BCUT2D eigenvalue weighted by Crippen LogP contribution is 2.45.